The summed E-state index contributed by atoms with van der Waals surface area (Å²) in [6.07, 6.45) is 1.60. The SMILES string of the molecule is CC(C)S(=O)(=O)NCCCCC(=O)Nc1ccc(-c2ccc(-c3ccccc3)cc2)cc1. The Labute approximate surface area is 190 Å². The number of carbonyl (C=O) groups is 1. The van der Waals surface area contributed by atoms with Gasteiger partial charge in [0.05, 0.1) is 5.25 Å². The molecular weight excluding hydrogens is 420 g/mol. The normalized spacial score (nSPS) is 11.5. The minimum Gasteiger partial charge on any atom is -0.326 e. The standard InChI is InChI=1S/C26H30N2O3S/c1-20(2)32(30,31)27-19-7-6-10-26(29)28-25-17-15-24(16-18-25)23-13-11-22(12-14-23)21-8-4-3-5-9-21/h3-5,8-9,11-18,20,27H,6-7,10,19H2,1-2H3,(H,28,29). The van der Waals surface area contributed by atoms with Crippen LogP contribution in [0.3, 0.4) is 0 Å². The number of carbonyl (C=O) groups excluding carboxylic acids is 1. The molecule has 2 N–H and O–H groups in total. The van der Waals surface area contributed by atoms with Crippen LogP contribution >= 0.6 is 0 Å². The molecule has 3 aromatic carbocycles. The Morgan fingerprint density at radius 2 is 1.25 bits per heavy atom. The van der Waals surface area contributed by atoms with E-state index in [0.717, 1.165) is 16.8 Å². The third-order valence-corrected chi connectivity index (χ3v) is 7.10. The fourth-order valence-corrected chi connectivity index (χ4v) is 4.01. The fraction of sp³-hybridized carbons (Fsp3) is 0.269. The smallest absolute Gasteiger partial charge is 0.224 e. The molecule has 0 aliphatic rings. The first-order valence-corrected chi connectivity index (χ1v) is 12.4. The van der Waals surface area contributed by atoms with Crippen LogP contribution in [-0.4, -0.2) is 26.1 Å². The van der Waals surface area contributed by atoms with Gasteiger partial charge in [-0.05, 0) is 61.1 Å². The van der Waals surface area contributed by atoms with Gasteiger partial charge in [0.25, 0.3) is 0 Å². The van der Waals surface area contributed by atoms with Gasteiger partial charge in [0.15, 0.2) is 0 Å². The summed E-state index contributed by atoms with van der Waals surface area (Å²) in [5.74, 6) is -0.0725. The Morgan fingerprint density at radius 1 is 0.750 bits per heavy atom. The van der Waals surface area contributed by atoms with E-state index in [1.807, 2.05) is 42.5 Å². The van der Waals surface area contributed by atoms with E-state index in [0.29, 0.717) is 25.8 Å². The van der Waals surface area contributed by atoms with Crippen LogP contribution in [0.2, 0.25) is 0 Å². The predicted octanol–water partition coefficient (Wildman–Crippen LogP) is 5.46. The third-order valence-electron chi connectivity index (χ3n) is 5.25. The lowest BCUT2D eigenvalue weighted by Gasteiger charge is -2.10. The summed E-state index contributed by atoms with van der Waals surface area (Å²) in [5.41, 5.74) is 5.32. The molecule has 0 aromatic heterocycles. The van der Waals surface area contributed by atoms with Crippen LogP contribution in [0.5, 0.6) is 0 Å². The lowest BCUT2D eigenvalue weighted by atomic mass is 10.0. The van der Waals surface area contributed by atoms with Gasteiger partial charge in [0.2, 0.25) is 15.9 Å². The highest BCUT2D eigenvalue weighted by atomic mass is 32.2. The number of amides is 1. The summed E-state index contributed by atoms with van der Waals surface area (Å²) in [7, 11) is -3.24. The maximum absolute atomic E-state index is 12.2. The molecule has 0 heterocycles. The molecular formula is C26H30N2O3S. The van der Waals surface area contributed by atoms with E-state index in [4.69, 9.17) is 0 Å². The van der Waals surface area contributed by atoms with E-state index in [1.165, 1.54) is 11.1 Å². The third kappa shape index (κ3) is 6.77. The molecule has 0 aliphatic carbocycles. The van der Waals surface area contributed by atoms with Crippen molar-refractivity contribution < 1.29 is 13.2 Å². The molecule has 0 bridgehead atoms. The molecule has 0 aliphatic heterocycles. The highest BCUT2D eigenvalue weighted by Gasteiger charge is 2.14. The maximum atomic E-state index is 12.2. The minimum atomic E-state index is -3.24. The average Bonchev–Trinajstić information content (AvgIpc) is 2.80. The molecule has 0 fully saturated rings. The Hall–Kier alpha value is -2.96. The zero-order chi connectivity index (χ0) is 23.0. The molecule has 6 heteroatoms. The second-order valence-corrected chi connectivity index (χ2v) is 10.3. The van der Waals surface area contributed by atoms with E-state index in [1.54, 1.807) is 13.8 Å². The molecule has 0 saturated heterocycles. The van der Waals surface area contributed by atoms with Crippen molar-refractivity contribution in [2.75, 3.05) is 11.9 Å². The first-order chi connectivity index (χ1) is 15.3. The molecule has 0 saturated carbocycles. The van der Waals surface area contributed by atoms with Crippen LogP contribution in [0.25, 0.3) is 22.3 Å². The van der Waals surface area contributed by atoms with Gasteiger partial charge in [-0.25, -0.2) is 13.1 Å². The number of benzene rings is 3. The number of sulfonamides is 1. The van der Waals surface area contributed by atoms with E-state index >= 15 is 0 Å². The predicted molar refractivity (Wildman–Crippen MR) is 132 cm³/mol. The number of unbranched alkanes of at least 4 members (excludes halogenated alkanes) is 1. The van der Waals surface area contributed by atoms with Crippen molar-refractivity contribution >= 4 is 21.6 Å². The lowest BCUT2D eigenvalue weighted by molar-refractivity contribution is -0.116. The molecule has 0 atom stereocenters. The second kappa shape index (κ2) is 11.1. The largest absolute Gasteiger partial charge is 0.326 e. The van der Waals surface area contributed by atoms with E-state index in [-0.39, 0.29) is 5.91 Å². The van der Waals surface area contributed by atoms with Crippen molar-refractivity contribution in [2.45, 2.75) is 38.4 Å². The zero-order valence-electron chi connectivity index (χ0n) is 18.5. The van der Waals surface area contributed by atoms with Crippen LogP contribution in [0.1, 0.15) is 33.1 Å². The first kappa shape index (κ1) is 23.7. The van der Waals surface area contributed by atoms with Crippen molar-refractivity contribution in [2.24, 2.45) is 0 Å². The Morgan fingerprint density at radius 3 is 1.78 bits per heavy atom. The monoisotopic (exact) mass is 450 g/mol. The number of rotatable bonds is 10. The van der Waals surface area contributed by atoms with Gasteiger partial charge in [-0.1, -0.05) is 66.7 Å². The van der Waals surface area contributed by atoms with Gasteiger partial charge in [0, 0.05) is 18.7 Å². The highest BCUT2D eigenvalue weighted by molar-refractivity contribution is 7.90. The van der Waals surface area contributed by atoms with Crippen molar-refractivity contribution in [3.8, 4) is 22.3 Å². The van der Waals surface area contributed by atoms with Gasteiger partial charge < -0.3 is 5.32 Å². The van der Waals surface area contributed by atoms with Crippen LogP contribution < -0.4 is 10.0 Å². The molecule has 168 valence electrons. The number of hydrogen-bond acceptors (Lipinski definition) is 3. The summed E-state index contributed by atoms with van der Waals surface area (Å²) < 4.78 is 25.9. The first-order valence-electron chi connectivity index (χ1n) is 10.9. The van der Waals surface area contributed by atoms with Gasteiger partial charge >= 0.3 is 0 Å². The van der Waals surface area contributed by atoms with E-state index < -0.39 is 15.3 Å². The molecule has 0 unspecified atom stereocenters. The summed E-state index contributed by atoms with van der Waals surface area (Å²) in [4.78, 5) is 12.2. The Balaban J connectivity index is 1.47. The van der Waals surface area contributed by atoms with E-state index in [2.05, 4.69) is 46.4 Å². The topological polar surface area (TPSA) is 75.3 Å². The summed E-state index contributed by atoms with van der Waals surface area (Å²) in [5, 5.41) is 2.45. The van der Waals surface area contributed by atoms with E-state index in [9.17, 15) is 13.2 Å². The molecule has 1 amide bonds. The summed E-state index contributed by atoms with van der Waals surface area (Å²) in [6, 6.07) is 26.5. The molecule has 5 nitrogen and oxygen atoms in total. The minimum absolute atomic E-state index is 0.0725. The summed E-state index contributed by atoms with van der Waals surface area (Å²) in [6.45, 7) is 3.63. The highest BCUT2D eigenvalue weighted by Crippen LogP contribution is 2.25. The lowest BCUT2D eigenvalue weighted by Crippen LogP contribution is -2.31. The number of anilines is 1. The Bertz CT molecular complexity index is 1110. The molecule has 32 heavy (non-hydrogen) atoms. The number of hydrogen-bond donors (Lipinski definition) is 2. The summed E-state index contributed by atoms with van der Waals surface area (Å²) >= 11 is 0. The molecule has 0 spiro atoms. The van der Waals surface area contributed by atoms with Crippen LogP contribution in [-0.2, 0) is 14.8 Å². The maximum Gasteiger partial charge on any atom is 0.224 e. The van der Waals surface area contributed by atoms with Gasteiger partial charge in [-0.15, -0.1) is 0 Å². The Kier molecular flexibility index (Phi) is 8.20. The fourth-order valence-electron chi connectivity index (χ4n) is 3.25. The van der Waals surface area contributed by atoms with Crippen molar-refractivity contribution in [3.05, 3.63) is 78.9 Å². The van der Waals surface area contributed by atoms with Gasteiger partial charge in [-0.2, -0.15) is 0 Å². The van der Waals surface area contributed by atoms with Crippen molar-refractivity contribution in [1.29, 1.82) is 0 Å². The molecule has 3 rings (SSSR count). The van der Waals surface area contributed by atoms with Gasteiger partial charge in [0.1, 0.15) is 0 Å². The van der Waals surface area contributed by atoms with Crippen LogP contribution in [0.15, 0.2) is 78.9 Å². The van der Waals surface area contributed by atoms with Crippen LogP contribution in [0.4, 0.5) is 5.69 Å². The van der Waals surface area contributed by atoms with Crippen molar-refractivity contribution in [1.82, 2.24) is 4.72 Å². The molecule has 0 radical (unpaired) electrons. The van der Waals surface area contributed by atoms with Crippen molar-refractivity contribution in [3.63, 3.8) is 0 Å². The average molecular weight is 451 g/mol. The van der Waals surface area contributed by atoms with Gasteiger partial charge in [-0.3, -0.25) is 4.79 Å². The quantitative estimate of drug-likeness (QED) is 0.403. The molecule has 3 aromatic rings. The zero-order valence-corrected chi connectivity index (χ0v) is 19.4. The van der Waals surface area contributed by atoms with Crippen LogP contribution in [0, 0.1) is 0 Å². The second-order valence-electron chi connectivity index (χ2n) is 8.01. The number of nitrogens with one attached hydrogen (secondary N) is 2.